The Balaban J connectivity index is 1.81. The van der Waals surface area contributed by atoms with Crippen LogP contribution in [-0.2, 0) is 6.42 Å². The molecule has 0 aromatic carbocycles. The molecule has 4 N–H and O–H groups in total. The van der Waals surface area contributed by atoms with Crippen molar-refractivity contribution in [2.75, 3.05) is 12.3 Å². The molecule has 0 aliphatic carbocycles. The largest absolute Gasteiger partial charge is 0.396 e. The highest BCUT2D eigenvalue weighted by molar-refractivity contribution is 5.12. The molecular weight excluding hydrogens is 228 g/mol. The summed E-state index contributed by atoms with van der Waals surface area (Å²) in [6, 6.07) is 0. The molecule has 0 fully saturated rings. The highest BCUT2D eigenvalue weighted by Crippen LogP contribution is 2.10. The molecule has 1 aromatic heterocycles. The number of aromatic amines is 1. The van der Waals surface area contributed by atoms with Crippen LogP contribution in [0.1, 0.15) is 63.6 Å². The van der Waals surface area contributed by atoms with Crippen LogP contribution in [0.2, 0.25) is 0 Å². The molecule has 0 spiro atoms. The number of unbranched alkanes of at least 4 members (excludes halogenated alkanes) is 8. The maximum Gasteiger partial charge on any atom is 0.239 e. The first-order chi connectivity index (χ1) is 8.83. The molecule has 18 heavy (non-hydrogen) atoms. The second-order valence-corrected chi connectivity index (χ2v) is 4.80. The van der Waals surface area contributed by atoms with Gasteiger partial charge in [-0.05, 0) is 12.8 Å². The number of aliphatic hydroxyl groups excluding tert-OH is 1. The molecule has 0 aliphatic heterocycles. The minimum Gasteiger partial charge on any atom is -0.396 e. The zero-order valence-corrected chi connectivity index (χ0v) is 11.2. The van der Waals surface area contributed by atoms with Gasteiger partial charge >= 0.3 is 0 Å². The van der Waals surface area contributed by atoms with Crippen molar-refractivity contribution >= 4 is 5.95 Å². The van der Waals surface area contributed by atoms with E-state index >= 15 is 0 Å². The fourth-order valence-corrected chi connectivity index (χ4v) is 2.06. The first kappa shape index (κ1) is 15.0. The lowest BCUT2D eigenvalue weighted by molar-refractivity contribution is 0.282. The van der Waals surface area contributed by atoms with Gasteiger partial charge in [-0.15, -0.1) is 5.10 Å². The van der Waals surface area contributed by atoms with Crippen molar-refractivity contribution in [2.45, 2.75) is 64.2 Å². The number of rotatable bonds is 11. The van der Waals surface area contributed by atoms with Crippen molar-refractivity contribution in [3.63, 3.8) is 0 Å². The van der Waals surface area contributed by atoms with E-state index in [4.69, 9.17) is 10.8 Å². The summed E-state index contributed by atoms with van der Waals surface area (Å²) in [4.78, 5) is 4.08. The minimum absolute atomic E-state index is 0.339. The molecule has 0 atom stereocenters. The van der Waals surface area contributed by atoms with Crippen LogP contribution in [-0.4, -0.2) is 26.9 Å². The number of aryl methyl sites for hydroxylation is 1. The summed E-state index contributed by atoms with van der Waals surface area (Å²) in [5, 5.41) is 15.3. The smallest absolute Gasteiger partial charge is 0.239 e. The van der Waals surface area contributed by atoms with Crippen LogP contribution in [0.3, 0.4) is 0 Å². The van der Waals surface area contributed by atoms with Gasteiger partial charge in [-0.2, -0.15) is 4.98 Å². The van der Waals surface area contributed by atoms with E-state index in [0.717, 1.165) is 25.1 Å². The molecule has 104 valence electrons. The number of aromatic nitrogens is 3. The quantitative estimate of drug-likeness (QED) is 0.529. The van der Waals surface area contributed by atoms with Crippen LogP contribution in [0, 0.1) is 0 Å². The van der Waals surface area contributed by atoms with Crippen LogP contribution >= 0.6 is 0 Å². The normalized spacial score (nSPS) is 10.9. The number of nitrogen functional groups attached to an aromatic ring is 1. The van der Waals surface area contributed by atoms with Crippen LogP contribution in [0.15, 0.2) is 0 Å². The number of nitrogens with zero attached hydrogens (tertiary/aromatic N) is 2. The Morgan fingerprint density at radius 3 is 1.94 bits per heavy atom. The van der Waals surface area contributed by atoms with Gasteiger partial charge in [0.15, 0.2) is 0 Å². The topological polar surface area (TPSA) is 87.8 Å². The Hall–Kier alpha value is -1.10. The number of H-pyrrole nitrogens is 1. The monoisotopic (exact) mass is 254 g/mol. The molecule has 1 rings (SSSR count). The number of hydrogen-bond donors (Lipinski definition) is 3. The zero-order chi connectivity index (χ0) is 13.1. The van der Waals surface area contributed by atoms with Crippen molar-refractivity contribution in [3.8, 4) is 0 Å². The fraction of sp³-hybridized carbons (Fsp3) is 0.846. The molecule has 0 aliphatic rings. The first-order valence-corrected chi connectivity index (χ1v) is 7.10. The van der Waals surface area contributed by atoms with Gasteiger partial charge in [-0.25, -0.2) is 0 Å². The van der Waals surface area contributed by atoms with Crippen LogP contribution in [0.5, 0.6) is 0 Å². The van der Waals surface area contributed by atoms with E-state index in [2.05, 4.69) is 15.2 Å². The molecule has 0 saturated heterocycles. The van der Waals surface area contributed by atoms with Gasteiger partial charge in [0, 0.05) is 13.0 Å². The first-order valence-electron chi connectivity index (χ1n) is 7.10. The number of nitrogens with one attached hydrogen (secondary N) is 1. The summed E-state index contributed by atoms with van der Waals surface area (Å²) >= 11 is 0. The highest BCUT2D eigenvalue weighted by atomic mass is 16.2. The summed E-state index contributed by atoms with van der Waals surface area (Å²) in [5.41, 5.74) is 5.43. The Labute approximate surface area is 109 Å². The summed E-state index contributed by atoms with van der Waals surface area (Å²) in [5.74, 6) is 1.24. The third kappa shape index (κ3) is 7.27. The van der Waals surface area contributed by atoms with E-state index in [-0.39, 0.29) is 0 Å². The molecule has 1 aromatic rings. The van der Waals surface area contributed by atoms with E-state index in [1.165, 1.54) is 44.9 Å². The molecular formula is C13H26N4O. The molecule has 0 bridgehead atoms. The fourth-order valence-electron chi connectivity index (χ4n) is 2.06. The van der Waals surface area contributed by atoms with Gasteiger partial charge in [0.25, 0.3) is 0 Å². The van der Waals surface area contributed by atoms with Gasteiger partial charge < -0.3 is 10.8 Å². The van der Waals surface area contributed by atoms with E-state index < -0.39 is 0 Å². The Morgan fingerprint density at radius 2 is 1.44 bits per heavy atom. The van der Waals surface area contributed by atoms with Gasteiger partial charge in [0.2, 0.25) is 5.95 Å². The van der Waals surface area contributed by atoms with E-state index in [1.54, 1.807) is 0 Å². The lowest BCUT2D eigenvalue weighted by atomic mass is 10.1. The number of aliphatic hydroxyl groups is 1. The highest BCUT2D eigenvalue weighted by Gasteiger charge is 1.99. The molecule has 5 heteroatoms. The van der Waals surface area contributed by atoms with Crippen molar-refractivity contribution in [1.82, 2.24) is 15.2 Å². The zero-order valence-electron chi connectivity index (χ0n) is 11.2. The standard InChI is InChI=1S/C13H26N4O/c14-13-15-12(16-17-13)10-8-6-4-2-1-3-5-7-9-11-18/h18H,1-11H2,(H3,14,15,16,17). The molecule has 0 amide bonds. The lowest BCUT2D eigenvalue weighted by Crippen LogP contribution is -1.90. The molecule has 5 nitrogen and oxygen atoms in total. The van der Waals surface area contributed by atoms with Crippen LogP contribution in [0.4, 0.5) is 5.95 Å². The second kappa shape index (κ2) is 9.88. The number of hydrogen-bond acceptors (Lipinski definition) is 4. The second-order valence-electron chi connectivity index (χ2n) is 4.80. The maximum atomic E-state index is 8.64. The average molecular weight is 254 g/mol. The van der Waals surface area contributed by atoms with Gasteiger partial charge in [-0.3, -0.25) is 5.10 Å². The van der Waals surface area contributed by atoms with Crippen LogP contribution in [0.25, 0.3) is 0 Å². The van der Waals surface area contributed by atoms with Crippen molar-refractivity contribution in [2.24, 2.45) is 0 Å². The molecule has 0 radical (unpaired) electrons. The van der Waals surface area contributed by atoms with Gasteiger partial charge in [0.05, 0.1) is 0 Å². The van der Waals surface area contributed by atoms with Gasteiger partial charge in [0.1, 0.15) is 5.82 Å². The van der Waals surface area contributed by atoms with Crippen molar-refractivity contribution in [3.05, 3.63) is 5.82 Å². The van der Waals surface area contributed by atoms with Crippen molar-refractivity contribution in [1.29, 1.82) is 0 Å². The van der Waals surface area contributed by atoms with Crippen LogP contribution < -0.4 is 5.73 Å². The minimum atomic E-state index is 0.339. The summed E-state index contributed by atoms with van der Waals surface area (Å²) in [6.45, 7) is 0.339. The average Bonchev–Trinajstić information content (AvgIpc) is 2.77. The third-order valence-electron chi connectivity index (χ3n) is 3.12. The summed E-state index contributed by atoms with van der Waals surface area (Å²) in [6.07, 6.45) is 12.0. The predicted octanol–water partition coefficient (Wildman–Crippen LogP) is 2.43. The summed E-state index contributed by atoms with van der Waals surface area (Å²) < 4.78 is 0. The van der Waals surface area contributed by atoms with E-state index in [1.807, 2.05) is 0 Å². The Kier molecular flexibility index (Phi) is 8.21. The molecule has 1 heterocycles. The molecule has 0 unspecified atom stereocenters. The third-order valence-corrected chi connectivity index (χ3v) is 3.12. The SMILES string of the molecule is Nc1n[nH]c(CCCCCCCCCCCO)n1. The lowest BCUT2D eigenvalue weighted by Gasteiger charge is -2.01. The maximum absolute atomic E-state index is 8.64. The Bertz CT molecular complexity index is 301. The number of anilines is 1. The van der Waals surface area contributed by atoms with Gasteiger partial charge in [-0.1, -0.05) is 44.9 Å². The number of nitrogens with two attached hydrogens (primary N) is 1. The predicted molar refractivity (Wildman–Crippen MR) is 73.1 cm³/mol. The van der Waals surface area contributed by atoms with E-state index in [9.17, 15) is 0 Å². The van der Waals surface area contributed by atoms with Crippen molar-refractivity contribution < 1.29 is 5.11 Å². The molecule has 0 saturated carbocycles. The Morgan fingerprint density at radius 1 is 0.889 bits per heavy atom. The van der Waals surface area contributed by atoms with E-state index in [0.29, 0.717) is 12.6 Å². The summed E-state index contributed by atoms with van der Waals surface area (Å²) in [7, 11) is 0.